The largest absolute Gasteiger partial charge is 0.544 e. The Hall–Kier alpha value is -0.600. The van der Waals surface area contributed by atoms with Crippen LogP contribution < -0.4 is 0 Å². The average molecular weight is 311 g/mol. The fourth-order valence-electron chi connectivity index (χ4n) is 1.80. The van der Waals surface area contributed by atoms with Crippen molar-refractivity contribution in [3.8, 4) is 0 Å². The van der Waals surface area contributed by atoms with E-state index in [1.165, 1.54) is 35.7 Å². The molecule has 106 valence electrons. The van der Waals surface area contributed by atoms with Crippen LogP contribution in [-0.4, -0.2) is 34.1 Å². The van der Waals surface area contributed by atoms with Crippen molar-refractivity contribution in [2.45, 2.75) is 30.3 Å². The number of halogens is 3. The van der Waals surface area contributed by atoms with Crippen molar-refractivity contribution in [1.29, 1.82) is 0 Å². The highest BCUT2D eigenvalue weighted by atomic mass is 32.2. The molecule has 3 nitrogen and oxygen atoms in total. The number of carbonyl (C=O) groups excluding carboxylic acids is 1. The summed E-state index contributed by atoms with van der Waals surface area (Å²) in [4.78, 5) is 16.0. The summed E-state index contributed by atoms with van der Waals surface area (Å²) in [5, 5.41) is 0.305. The van der Waals surface area contributed by atoms with E-state index in [1.807, 2.05) is 13.2 Å². The summed E-state index contributed by atoms with van der Waals surface area (Å²) in [6.07, 6.45) is 0.0717. The molecule has 0 aromatic heterocycles. The van der Waals surface area contributed by atoms with Crippen LogP contribution in [0, 0.1) is 0 Å². The lowest BCUT2D eigenvalue weighted by atomic mass is 10.1. The lowest BCUT2D eigenvalue weighted by Crippen LogP contribution is -2.38. The first-order chi connectivity index (χ1) is 8.81. The molecule has 1 aliphatic carbocycles. The van der Waals surface area contributed by atoms with E-state index in [1.54, 1.807) is 0 Å². The van der Waals surface area contributed by atoms with Crippen LogP contribution in [0.5, 0.6) is 0 Å². The number of ketones is 1. The van der Waals surface area contributed by atoms with Crippen LogP contribution in [0.25, 0.3) is 0 Å². The van der Waals surface area contributed by atoms with Crippen LogP contribution in [0.4, 0.5) is 13.2 Å². The quantitative estimate of drug-likeness (QED) is 0.798. The van der Waals surface area contributed by atoms with E-state index in [0.717, 1.165) is 5.06 Å². The predicted octanol–water partition coefficient (Wildman–Crippen LogP) is 3.30. The van der Waals surface area contributed by atoms with Crippen LogP contribution in [0.1, 0.15) is 13.3 Å². The zero-order chi connectivity index (χ0) is 14.2. The van der Waals surface area contributed by atoms with Gasteiger partial charge in [-0.1, -0.05) is 18.7 Å². The van der Waals surface area contributed by atoms with Crippen LogP contribution in [0.15, 0.2) is 22.8 Å². The van der Waals surface area contributed by atoms with Crippen molar-refractivity contribution in [3.05, 3.63) is 22.8 Å². The van der Waals surface area contributed by atoms with Gasteiger partial charge in [0.1, 0.15) is 5.37 Å². The lowest BCUT2D eigenvalue weighted by molar-refractivity contribution is -0.406. The Labute approximate surface area is 117 Å². The standard InChI is InChI=1S/C11H12F3NO2S2/c1-6(18-2)10-15(17-11(12,13)14)8-4-3-7(16)5-9(8)19-10/h4-6,10H,3H2,1-2H3. The highest BCUT2D eigenvalue weighted by Crippen LogP contribution is 2.48. The average Bonchev–Trinajstić information content (AvgIpc) is 2.64. The van der Waals surface area contributed by atoms with Crippen LogP contribution in [0.2, 0.25) is 0 Å². The van der Waals surface area contributed by atoms with E-state index in [4.69, 9.17) is 0 Å². The molecule has 2 atom stereocenters. The summed E-state index contributed by atoms with van der Waals surface area (Å²) < 4.78 is 37.5. The van der Waals surface area contributed by atoms with E-state index < -0.39 is 11.7 Å². The lowest BCUT2D eigenvalue weighted by Gasteiger charge is -2.29. The number of hydroxylamine groups is 2. The molecular weight excluding hydrogens is 299 g/mol. The predicted molar refractivity (Wildman–Crippen MR) is 69.1 cm³/mol. The molecule has 8 heteroatoms. The fraction of sp³-hybridized carbons (Fsp3) is 0.545. The number of fused-ring (bicyclic) bond motifs is 1. The van der Waals surface area contributed by atoms with Gasteiger partial charge in [0, 0.05) is 16.6 Å². The molecule has 0 radical (unpaired) electrons. The molecule has 0 amide bonds. The van der Waals surface area contributed by atoms with Crippen LogP contribution in [0.3, 0.4) is 0 Å². The SMILES string of the molecule is CSC(C)C1SC2=CC(=O)CC=C2N1OC(F)(F)F. The zero-order valence-corrected chi connectivity index (χ0v) is 11.9. The van der Waals surface area contributed by atoms with E-state index in [2.05, 4.69) is 4.84 Å². The molecule has 0 bridgehead atoms. The molecule has 1 fully saturated rings. The molecule has 2 rings (SSSR count). The summed E-state index contributed by atoms with van der Waals surface area (Å²) >= 11 is 2.68. The van der Waals surface area contributed by atoms with E-state index in [0.29, 0.717) is 10.6 Å². The maximum atomic E-state index is 12.5. The van der Waals surface area contributed by atoms with Crippen molar-refractivity contribution in [2.24, 2.45) is 0 Å². The van der Waals surface area contributed by atoms with Crippen molar-refractivity contribution in [2.75, 3.05) is 6.26 Å². The van der Waals surface area contributed by atoms with Crippen LogP contribution >= 0.6 is 23.5 Å². The third kappa shape index (κ3) is 3.29. The van der Waals surface area contributed by atoms with Gasteiger partial charge in [0.15, 0.2) is 5.78 Å². The highest BCUT2D eigenvalue weighted by molar-refractivity contribution is 8.06. The Morgan fingerprint density at radius 1 is 1.58 bits per heavy atom. The Kier molecular flexibility index (Phi) is 4.22. The van der Waals surface area contributed by atoms with Gasteiger partial charge in [0.2, 0.25) is 0 Å². The number of hydrogen-bond donors (Lipinski definition) is 0. The van der Waals surface area contributed by atoms with Crippen molar-refractivity contribution in [1.82, 2.24) is 5.06 Å². The third-order valence-electron chi connectivity index (χ3n) is 2.73. The zero-order valence-electron chi connectivity index (χ0n) is 10.2. The van der Waals surface area contributed by atoms with Crippen molar-refractivity contribution >= 4 is 29.3 Å². The molecule has 0 aromatic carbocycles. The molecule has 1 heterocycles. The third-order valence-corrected chi connectivity index (χ3v) is 5.33. The fourth-order valence-corrected chi connectivity index (χ4v) is 3.84. The highest BCUT2D eigenvalue weighted by Gasteiger charge is 2.45. The molecule has 0 saturated carbocycles. The number of alkyl halides is 3. The first-order valence-corrected chi connectivity index (χ1v) is 7.68. The summed E-state index contributed by atoms with van der Waals surface area (Å²) in [6.45, 7) is 1.83. The monoisotopic (exact) mass is 311 g/mol. The topological polar surface area (TPSA) is 29.5 Å². The molecule has 1 saturated heterocycles. The number of hydrogen-bond acceptors (Lipinski definition) is 5. The van der Waals surface area contributed by atoms with E-state index in [-0.39, 0.29) is 17.5 Å². The molecule has 0 aromatic rings. The van der Waals surface area contributed by atoms with Crippen molar-refractivity contribution in [3.63, 3.8) is 0 Å². The number of thioether (sulfide) groups is 2. The van der Waals surface area contributed by atoms with Gasteiger partial charge in [-0.15, -0.1) is 13.2 Å². The van der Waals surface area contributed by atoms with Crippen LogP contribution in [-0.2, 0) is 9.63 Å². The first-order valence-electron chi connectivity index (χ1n) is 5.51. The molecule has 1 aliphatic heterocycles. The molecule has 2 aliphatic rings. The summed E-state index contributed by atoms with van der Waals surface area (Å²) in [7, 11) is 0. The van der Waals surface area contributed by atoms with Gasteiger partial charge in [-0.2, -0.15) is 16.6 Å². The van der Waals surface area contributed by atoms with Gasteiger partial charge in [0.25, 0.3) is 0 Å². The summed E-state index contributed by atoms with van der Waals surface area (Å²) in [5.41, 5.74) is 0.341. The Morgan fingerprint density at radius 3 is 2.84 bits per heavy atom. The normalized spacial score (nSPS) is 25.0. The smallest absolute Gasteiger partial charge is 0.294 e. The van der Waals surface area contributed by atoms with Gasteiger partial charge in [-0.05, 0) is 18.4 Å². The minimum atomic E-state index is -4.74. The summed E-state index contributed by atoms with van der Waals surface area (Å²) in [5.74, 6) is -0.101. The second-order valence-electron chi connectivity index (χ2n) is 4.08. The Balaban J connectivity index is 2.29. The Bertz CT molecular complexity index is 448. The molecule has 0 N–H and O–H groups in total. The number of carbonyl (C=O) groups is 1. The number of nitrogens with zero attached hydrogens (tertiary/aromatic N) is 1. The van der Waals surface area contributed by atoms with Gasteiger partial charge >= 0.3 is 6.36 Å². The van der Waals surface area contributed by atoms with Gasteiger partial charge < -0.3 is 0 Å². The van der Waals surface area contributed by atoms with Gasteiger partial charge in [0.05, 0.1) is 5.70 Å². The molecule has 0 spiro atoms. The number of allylic oxidation sites excluding steroid dienone is 2. The molecular formula is C11H12F3NO2S2. The maximum absolute atomic E-state index is 12.5. The van der Waals surface area contributed by atoms with Gasteiger partial charge in [-0.25, -0.2) is 5.06 Å². The Morgan fingerprint density at radius 2 is 2.26 bits per heavy atom. The second-order valence-corrected chi connectivity index (χ2v) is 6.45. The van der Waals surface area contributed by atoms with E-state index >= 15 is 0 Å². The van der Waals surface area contributed by atoms with Gasteiger partial charge in [-0.3, -0.25) is 4.79 Å². The van der Waals surface area contributed by atoms with Crippen molar-refractivity contribution < 1.29 is 22.8 Å². The minimum Gasteiger partial charge on any atom is -0.294 e. The summed E-state index contributed by atoms with van der Waals surface area (Å²) in [6, 6.07) is 0. The minimum absolute atomic E-state index is 0.0742. The molecule has 2 unspecified atom stereocenters. The molecule has 19 heavy (non-hydrogen) atoms. The van der Waals surface area contributed by atoms with E-state index in [9.17, 15) is 18.0 Å². The maximum Gasteiger partial charge on any atom is 0.544 e. The second kappa shape index (κ2) is 5.41. The first kappa shape index (κ1) is 14.8. The number of rotatable bonds is 3.